The average Bonchev–Trinajstić information content (AvgIpc) is 2.90. The van der Waals surface area contributed by atoms with Gasteiger partial charge in [0.2, 0.25) is 15.9 Å². The van der Waals surface area contributed by atoms with Crippen LogP contribution < -0.4 is 10.6 Å². The van der Waals surface area contributed by atoms with Gasteiger partial charge in [0.25, 0.3) is 0 Å². The maximum absolute atomic E-state index is 12.0. The first-order chi connectivity index (χ1) is 9.08. The Balaban J connectivity index is 1.81. The van der Waals surface area contributed by atoms with Crippen molar-refractivity contribution >= 4 is 32.4 Å². The van der Waals surface area contributed by atoms with Crippen LogP contribution in [0.5, 0.6) is 0 Å². The number of anilines is 1. The molecule has 0 spiro atoms. The minimum absolute atomic E-state index is 0.0498. The maximum Gasteiger partial charge on any atom is 0.227 e. The lowest BCUT2D eigenvalue weighted by Gasteiger charge is -2.26. The Labute approximate surface area is 116 Å². The van der Waals surface area contributed by atoms with Gasteiger partial charge < -0.3 is 10.6 Å². The molecule has 1 aliphatic heterocycles. The van der Waals surface area contributed by atoms with Crippen LogP contribution in [-0.4, -0.2) is 55.5 Å². The molecule has 1 aromatic rings. The highest BCUT2D eigenvalue weighted by atomic mass is 32.2. The Bertz CT molecular complexity index is 509. The highest BCUT2D eigenvalue weighted by Crippen LogP contribution is 2.11. The van der Waals surface area contributed by atoms with E-state index < -0.39 is 10.0 Å². The predicted octanol–water partition coefficient (Wildman–Crippen LogP) is -0.293. The van der Waals surface area contributed by atoms with E-state index in [-0.39, 0.29) is 18.1 Å². The molecule has 0 bridgehead atoms. The molecule has 1 saturated heterocycles. The van der Waals surface area contributed by atoms with E-state index >= 15 is 0 Å². The number of sulfonamides is 1. The molecule has 0 aromatic carbocycles. The third kappa shape index (κ3) is 4.23. The molecule has 1 amide bonds. The lowest BCUT2D eigenvalue weighted by Crippen LogP contribution is -2.47. The van der Waals surface area contributed by atoms with Gasteiger partial charge in [-0.05, 0) is 0 Å². The number of aromatic nitrogens is 1. The lowest BCUT2D eigenvalue weighted by molar-refractivity contribution is -0.115. The molecule has 2 rings (SSSR count). The number of hydrogen-bond donors (Lipinski definition) is 2. The molecular weight excluding hydrogens is 288 g/mol. The number of rotatable bonds is 5. The van der Waals surface area contributed by atoms with Gasteiger partial charge in [-0.3, -0.25) is 4.79 Å². The Hall–Kier alpha value is -1.03. The third-order valence-electron chi connectivity index (χ3n) is 2.74. The summed E-state index contributed by atoms with van der Waals surface area (Å²) in [7, 11) is -3.34. The van der Waals surface area contributed by atoms with Crippen molar-refractivity contribution in [3.63, 3.8) is 0 Å². The first-order valence-electron chi connectivity index (χ1n) is 5.96. The zero-order chi connectivity index (χ0) is 13.7. The van der Waals surface area contributed by atoms with Crippen molar-refractivity contribution in [3.8, 4) is 0 Å². The van der Waals surface area contributed by atoms with Crippen molar-refractivity contribution in [2.24, 2.45) is 0 Å². The van der Waals surface area contributed by atoms with Crippen LogP contribution in [0.2, 0.25) is 0 Å². The summed E-state index contributed by atoms with van der Waals surface area (Å²) in [6.45, 7) is 2.25. The summed E-state index contributed by atoms with van der Waals surface area (Å²) in [5.41, 5.74) is 0. The number of amides is 1. The summed E-state index contributed by atoms with van der Waals surface area (Å²) in [6.07, 6.45) is 1.53. The SMILES string of the molecule is O=C(CCS(=O)(=O)N1CCNCC1)Nc1nccs1. The molecule has 106 valence electrons. The van der Waals surface area contributed by atoms with E-state index in [1.807, 2.05) is 0 Å². The highest BCUT2D eigenvalue weighted by Gasteiger charge is 2.24. The van der Waals surface area contributed by atoms with Crippen molar-refractivity contribution in [1.82, 2.24) is 14.6 Å². The van der Waals surface area contributed by atoms with Gasteiger partial charge in [-0.25, -0.2) is 13.4 Å². The summed E-state index contributed by atoms with van der Waals surface area (Å²) in [6, 6.07) is 0. The molecular formula is C10H16N4O3S2. The first kappa shape index (κ1) is 14.4. The monoisotopic (exact) mass is 304 g/mol. The second kappa shape index (κ2) is 6.42. The number of piperazine rings is 1. The predicted molar refractivity (Wildman–Crippen MR) is 73.6 cm³/mol. The van der Waals surface area contributed by atoms with Crippen LogP contribution in [0.25, 0.3) is 0 Å². The molecule has 0 saturated carbocycles. The number of carbonyl (C=O) groups is 1. The molecule has 1 aliphatic rings. The molecule has 9 heteroatoms. The van der Waals surface area contributed by atoms with E-state index in [9.17, 15) is 13.2 Å². The summed E-state index contributed by atoms with van der Waals surface area (Å²) in [5.74, 6) is -0.488. The summed E-state index contributed by atoms with van der Waals surface area (Å²) >= 11 is 1.30. The zero-order valence-corrected chi connectivity index (χ0v) is 12.0. The van der Waals surface area contributed by atoms with E-state index in [2.05, 4.69) is 15.6 Å². The topological polar surface area (TPSA) is 91.4 Å². The number of hydrogen-bond acceptors (Lipinski definition) is 6. The van der Waals surface area contributed by atoms with Crippen LogP contribution in [0, 0.1) is 0 Å². The quantitative estimate of drug-likeness (QED) is 0.780. The second-order valence-corrected chi connectivity index (χ2v) is 7.08. The smallest absolute Gasteiger partial charge is 0.227 e. The molecule has 0 unspecified atom stereocenters. The molecule has 2 heterocycles. The normalized spacial score (nSPS) is 17.3. The van der Waals surface area contributed by atoms with Crippen molar-refractivity contribution < 1.29 is 13.2 Å². The molecule has 2 N–H and O–H groups in total. The molecule has 0 radical (unpaired) electrons. The summed E-state index contributed by atoms with van der Waals surface area (Å²) in [4.78, 5) is 15.5. The van der Waals surface area contributed by atoms with Gasteiger partial charge in [-0.2, -0.15) is 4.31 Å². The van der Waals surface area contributed by atoms with E-state index in [0.29, 0.717) is 31.3 Å². The number of carbonyl (C=O) groups excluding carboxylic acids is 1. The number of nitrogens with zero attached hydrogens (tertiary/aromatic N) is 2. The Morgan fingerprint density at radius 3 is 2.84 bits per heavy atom. The first-order valence-corrected chi connectivity index (χ1v) is 8.45. The van der Waals surface area contributed by atoms with Crippen LogP contribution in [-0.2, 0) is 14.8 Å². The van der Waals surface area contributed by atoms with Gasteiger partial charge in [0, 0.05) is 44.2 Å². The fraction of sp³-hybridized carbons (Fsp3) is 0.600. The van der Waals surface area contributed by atoms with E-state index in [1.54, 1.807) is 11.6 Å². The summed E-state index contributed by atoms with van der Waals surface area (Å²) < 4.78 is 25.4. The third-order valence-corrected chi connectivity index (χ3v) is 5.30. The van der Waals surface area contributed by atoms with E-state index in [0.717, 1.165) is 0 Å². The summed E-state index contributed by atoms with van der Waals surface area (Å²) in [5, 5.41) is 7.89. The zero-order valence-electron chi connectivity index (χ0n) is 10.3. The highest BCUT2D eigenvalue weighted by molar-refractivity contribution is 7.89. The van der Waals surface area contributed by atoms with E-state index in [4.69, 9.17) is 0 Å². The molecule has 0 atom stereocenters. The fourth-order valence-electron chi connectivity index (χ4n) is 1.74. The maximum atomic E-state index is 12.0. The Kier molecular flexibility index (Phi) is 4.86. The largest absolute Gasteiger partial charge is 0.314 e. The lowest BCUT2D eigenvalue weighted by atomic mass is 10.4. The Morgan fingerprint density at radius 2 is 2.21 bits per heavy atom. The van der Waals surface area contributed by atoms with Gasteiger partial charge in [-0.15, -0.1) is 11.3 Å². The van der Waals surface area contributed by atoms with Gasteiger partial charge in [0.1, 0.15) is 0 Å². The van der Waals surface area contributed by atoms with Crippen molar-refractivity contribution in [2.75, 3.05) is 37.2 Å². The number of thiazole rings is 1. The molecule has 1 fully saturated rings. The van der Waals surface area contributed by atoms with E-state index in [1.165, 1.54) is 15.6 Å². The van der Waals surface area contributed by atoms with Crippen molar-refractivity contribution in [1.29, 1.82) is 0 Å². The van der Waals surface area contributed by atoms with Crippen LogP contribution in [0.1, 0.15) is 6.42 Å². The molecule has 1 aromatic heterocycles. The minimum Gasteiger partial charge on any atom is -0.314 e. The fourth-order valence-corrected chi connectivity index (χ4v) is 3.73. The standard InChI is InChI=1S/C10H16N4O3S2/c15-9(13-10-12-4-7-18-10)1-8-19(16,17)14-5-2-11-3-6-14/h4,7,11H,1-3,5-6,8H2,(H,12,13,15). The van der Waals surface area contributed by atoms with Crippen LogP contribution in [0.4, 0.5) is 5.13 Å². The van der Waals surface area contributed by atoms with Crippen LogP contribution >= 0.6 is 11.3 Å². The van der Waals surface area contributed by atoms with Crippen molar-refractivity contribution in [3.05, 3.63) is 11.6 Å². The van der Waals surface area contributed by atoms with Gasteiger partial charge in [0.05, 0.1) is 5.75 Å². The molecule has 19 heavy (non-hydrogen) atoms. The van der Waals surface area contributed by atoms with Gasteiger partial charge in [0.15, 0.2) is 5.13 Å². The average molecular weight is 304 g/mol. The molecule has 7 nitrogen and oxygen atoms in total. The number of nitrogens with one attached hydrogen (secondary N) is 2. The molecule has 0 aliphatic carbocycles. The minimum atomic E-state index is -3.34. The van der Waals surface area contributed by atoms with Gasteiger partial charge >= 0.3 is 0 Å². The Morgan fingerprint density at radius 1 is 1.47 bits per heavy atom. The van der Waals surface area contributed by atoms with Crippen LogP contribution in [0.3, 0.4) is 0 Å². The van der Waals surface area contributed by atoms with Crippen LogP contribution in [0.15, 0.2) is 11.6 Å². The van der Waals surface area contributed by atoms with Crippen molar-refractivity contribution in [2.45, 2.75) is 6.42 Å². The second-order valence-electron chi connectivity index (χ2n) is 4.10. The van der Waals surface area contributed by atoms with Gasteiger partial charge in [-0.1, -0.05) is 0 Å².